The first-order valence-electron chi connectivity index (χ1n) is 8.42. The van der Waals surface area contributed by atoms with Crippen LogP contribution in [0.2, 0.25) is 0 Å². The number of benzene rings is 2. The Morgan fingerprint density at radius 1 is 1.12 bits per heavy atom. The monoisotopic (exact) mass is 324 g/mol. The maximum absolute atomic E-state index is 12.2. The van der Waals surface area contributed by atoms with Gasteiger partial charge in [0.25, 0.3) is 0 Å². The second-order valence-corrected chi connectivity index (χ2v) is 7.28. The van der Waals surface area contributed by atoms with Crippen LogP contribution in [0.15, 0.2) is 42.5 Å². The summed E-state index contributed by atoms with van der Waals surface area (Å²) in [6.45, 7) is 6.46. The van der Waals surface area contributed by atoms with Crippen molar-refractivity contribution in [3.8, 4) is 0 Å². The summed E-state index contributed by atoms with van der Waals surface area (Å²) in [4.78, 5) is 23.8. The number of hydrogen-bond acceptors (Lipinski definition) is 2. The molecule has 0 aliphatic heterocycles. The number of ketones is 1. The first-order chi connectivity index (χ1) is 11.4. The summed E-state index contributed by atoms with van der Waals surface area (Å²) in [7, 11) is 0. The molecule has 0 heterocycles. The summed E-state index contributed by atoms with van der Waals surface area (Å²) in [5.74, 6) is 0.701. The number of nitrogens with one attached hydrogen (secondary N) is 2. The number of rotatable bonds is 4. The van der Waals surface area contributed by atoms with Crippen LogP contribution < -0.4 is 10.6 Å². The Hall–Kier alpha value is -2.36. The maximum atomic E-state index is 12.2. The minimum atomic E-state index is -0.201. The number of anilines is 1. The molecule has 2 N–H and O–H groups in total. The standard InChI is InChI=1S/C20H24N2O2/c1-13(23)17-11-15(20(17,2)3)12-21-19(24)22-18-10-6-8-14-7-4-5-9-16(14)18/h4-10,15,17H,11-12H2,1-3H3,(H2,21,22,24). The summed E-state index contributed by atoms with van der Waals surface area (Å²) < 4.78 is 0. The molecule has 0 saturated heterocycles. The molecule has 4 heteroatoms. The van der Waals surface area contributed by atoms with Crippen molar-refractivity contribution < 1.29 is 9.59 Å². The van der Waals surface area contributed by atoms with Crippen molar-refractivity contribution in [2.45, 2.75) is 27.2 Å². The molecule has 3 rings (SSSR count). The molecular weight excluding hydrogens is 300 g/mol. The van der Waals surface area contributed by atoms with Gasteiger partial charge >= 0.3 is 6.03 Å². The predicted octanol–water partition coefficient (Wildman–Crippen LogP) is 4.21. The first-order valence-corrected chi connectivity index (χ1v) is 8.42. The van der Waals surface area contributed by atoms with Crippen LogP contribution in [0.4, 0.5) is 10.5 Å². The Morgan fingerprint density at radius 2 is 1.83 bits per heavy atom. The third kappa shape index (κ3) is 3.01. The summed E-state index contributed by atoms with van der Waals surface area (Å²) in [5, 5.41) is 8.01. The lowest BCUT2D eigenvalue weighted by Gasteiger charge is -2.51. The molecule has 0 aromatic heterocycles. The Labute approximate surface area is 142 Å². The highest BCUT2D eigenvalue weighted by Crippen LogP contribution is 2.51. The van der Waals surface area contributed by atoms with Gasteiger partial charge in [0, 0.05) is 17.8 Å². The lowest BCUT2D eigenvalue weighted by atomic mass is 9.53. The molecule has 0 spiro atoms. The van der Waals surface area contributed by atoms with Crippen LogP contribution >= 0.6 is 0 Å². The van der Waals surface area contributed by atoms with E-state index in [4.69, 9.17) is 0 Å². The third-order valence-corrected chi connectivity index (χ3v) is 5.51. The van der Waals surface area contributed by atoms with Crippen molar-refractivity contribution in [3.05, 3.63) is 42.5 Å². The van der Waals surface area contributed by atoms with E-state index < -0.39 is 0 Å². The molecule has 2 aromatic rings. The van der Waals surface area contributed by atoms with Gasteiger partial charge in [-0.1, -0.05) is 50.2 Å². The Bertz CT molecular complexity index is 777. The highest BCUT2D eigenvalue weighted by Gasteiger charge is 2.49. The number of hydrogen-bond donors (Lipinski definition) is 2. The summed E-state index contributed by atoms with van der Waals surface area (Å²) in [5.41, 5.74) is 0.763. The number of carbonyl (C=O) groups is 2. The SMILES string of the molecule is CC(=O)C1CC(CNC(=O)Nc2cccc3ccccc23)C1(C)C. The van der Waals surface area contributed by atoms with Crippen LogP contribution in [0.5, 0.6) is 0 Å². The van der Waals surface area contributed by atoms with Gasteiger partial charge in [-0.25, -0.2) is 4.79 Å². The third-order valence-electron chi connectivity index (χ3n) is 5.51. The van der Waals surface area contributed by atoms with Crippen LogP contribution in [0.1, 0.15) is 27.2 Å². The second-order valence-electron chi connectivity index (χ2n) is 7.28. The van der Waals surface area contributed by atoms with Gasteiger partial charge in [0.15, 0.2) is 0 Å². The smallest absolute Gasteiger partial charge is 0.319 e. The molecular formula is C20H24N2O2. The summed E-state index contributed by atoms with van der Waals surface area (Å²) >= 11 is 0. The largest absolute Gasteiger partial charge is 0.338 e. The summed E-state index contributed by atoms with van der Waals surface area (Å²) in [6, 6.07) is 13.6. The molecule has 4 nitrogen and oxygen atoms in total. The molecule has 1 aliphatic rings. The lowest BCUT2D eigenvalue weighted by molar-refractivity contribution is -0.135. The zero-order chi connectivity index (χ0) is 17.3. The van der Waals surface area contributed by atoms with Gasteiger partial charge in [0.2, 0.25) is 0 Å². The van der Waals surface area contributed by atoms with Crippen molar-refractivity contribution in [3.63, 3.8) is 0 Å². The van der Waals surface area contributed by atoms with E-state index in [0.29, 0.717) is 12.5 Å². The van der Waals surface area contributed by atoms with Crippen LogP contribution in [-0.2, 0) is 4.79 Å². The minimum Gasteiger partial charge on any atom is -0.338 e. The number of urea groups is 1. The second kappa shape index (κ2) is 6.27. The van der Waals surface area contributed by atoms with Crippen LogP contribution in [0.25, 0.3) is 10.8 Å². The van der Waals surface area contributed by atoms with Crippen LogP contribution in [0.3, 0.4) is 0 Å². The Morgan fingerprint density at radius 3 is 2.54 bits per heavy atom. The van der Waals surface area contributed by atoms with Crippen molar-refractivity contribution in [1.29, 1.82) is 0 Å². The van der Waals surface area contributed by atoms with Crippen molar-refractivity contribution >= 4 is 28.3 Å². The highest BCUT2D eigenvalue weighted by molar-refractivity contribution is 6.01. The maximum Gasteiger partial charge on any atom is 0.319 e. The minimum absolute atomic E-state index is 0.0431. The van der Waals surface area contributed by atoms with Crippen molar-refractivity contribution in [2.75, 3.05) is 11.9 Å². The molecule has 1 aliphatic carbocycles. The molecule has 2 aromatic carbocycles. The lowest BCUT2D eigenvalue weighted by Crippen LogP contribution is -2.52. The molecule has 1 fully saturated rings. The fourth-order valence-electron chi connectivity index (χ4n) is 3.77. The fraction of sp³-hybridized carbons (Fsp3) is 0.400. The average molecular weight is 324 g/mol. The summed E-state index contributed by atoms with van der Waals surface area (Å²) in [6.07, 6.45) is 0.858. The van der Waals surface area contributed by atoms with Crippen LogP contribution in [-0.4, -0.2) is 18.4 Å². The van der Waals surface area contributed by atoms with Crippen molar-refractivity contribution in [1.82, 2.24) is 5.32 Å². The first kappa shape index (κ1) is 16.5. The van der Waals surface area contributed by atoms with Gasteiger partial charge < -0.3 is 10.6 Å². The Kier molecular flexibility index (Phi) is 4.31. The van der Waals surface area contributed by atoms with E-state index in [2.05, 4.69) is 24.5 Å². The normalized spacial score (nSPS) is 21.8. The van der Waals surface area contributed by atoms with E-state index in [1.165, 1.54) is 0 Å². The van der Waals surface area contributed by atoms with Crippen molar-refractivity contribution in [2.24, 2.45) is 17.3 Å². The van der Waals surface area contributed by atoms with Gasteiger partial charge in [-0.3, -0.25) is 4.79 Å². The van der Waals surface area contributed by atoms with Gasteiger partial charge in [-0.15, -0.1) is 0 Å². The quantitative estimate of drug-likeness (QED) is 0.885. The predicted molar refractivity (Wildman–Crippen MR) is 97.0 cm³/mol. The van der Waals surface area contributed by atoms with E-state index >= 15 is 0 Å². The molecule has 126 valence electrons. The molecule has 24 heavy (non-hydrogen) atoms. The average Bonchev–Trinajstić information content (AvgIpc) is 2.53. The van der Waals surface area contributed by atoms with Gasteiger partial charge in [-0.2, -0.15) is 0 Å². The number of amides is 2. The highest BCUT2D eigenvalue weighted by atomic mass is 16.2. The molecule has 2 unspecified atom stereocenters. The van der Waals surface area contributed by atoms with E-state index in [-0.39, 0.29) is 23.1 Å². The molecule has 1 saturated carbocycles. The zero-order valence-electron chi connectivity index (χ0n) is 14.4. The molecule has 2 atom stereocenters. The number of fused-ring (bicyclic) bond motifs is 1. The fourth-order valence-corrected chi connectivity index (χ4v) is 3.77. The van der Waals surface area contributed by atoms with E-state index in [1.807, 2.05) is 42.5 Å². The van der Waals surface area contributed by atoms with Gasteiger partial charge in [-0.05, 0) is 36.1 Å². The number of carbonyl (C=O) groups excluding carboxylic acids is 2. The van der Waals surface area contributed by atoms with E-state index in [0.717, 1.165) is 22.9 Å². The topological polar surface area (TPSA) is 58.2 Å². The van der Waals surface area contributed by atoms with E-state index in [9.17, 15) is 9.59 Å². The van der Waals surface area contributed by atoms with Gasteiger partial charge in [0.05, 0.1) is 5.69 Å². The number of Topliss-reactive ketones (excluding diaryl/α,β-unsaturated/α-hetero) is 1. The molecule has 0 radical (unpaired) electrons. The van der Waals surface area contributed by atoms with E-state index in [1.54, 1.807) is 6.92 Å². The zero-order valence-corrected chi connectivity index (χ0v) is 14.4. The molecule has 0 bridgehead atoms. The van der Waals surface area contributed by atoms with Crippen LogP contribution in [0, 0.1) is 17.3 Å². The molecule has 2 amide bonds. The Balaban J connectivity index is 1.60. The van der Waals surface area contributed by atoms with Gasteiger partial charge in [0.1, 0.15) is 5.78 Å².